The van der Waals surface area contributed by atoms with Gasteiger partial charge in [-0.2, -0.15) is 0 Å². The van der Waals surface area contributed by atoms with E-state index < -0.39 is 17.4 Å². The first-order valence-electron chi connectivity index (χ1n) is 8.82. The van der Waals surface area contributed by atoms with Crippen LogP contribution >= 0.6 is 0 Å². The number of carbonyl (C=O) groups excluding carboxylic acids is 2. The van der Waals surface area contributed by atoms with Crippen LogP contribution in [0.5, 0.6) is 0 Å². The van der Waals surface area contributed by atoms with Crippen molar-refractivity contribution in [2.75, 3.05) is 20.2 Å². The maximum atomic E-state index is 12.1. The first-order valence-corrected chi connectivity index (χ1v) is 8.82. The summed E-state index contributed by atoms with van der Waals surface area (Å²) in [4.78, 5) is 24.1. The molecule has 0 aliphatic heterocycles. The van der Waals surface area contributed by atoms with Crippen molar-refractivity contribution in [1.29, 1.82) is 0 Å². The molecule has 26 heavy (non-hydrogen) atoms. The van der Waals surface area contributed by atoms with Crippen LogP contribution < -0.4 is 10.6 Å². The Balaban J connectivity index is 1.86. The lowest BCUT2D eigenvalue weighted by Gasteiger charge is -2.32. The Labute approximate surface area is 154 Å². The quantitative estimate of drug-likeness (QED) is 0.716. The van der Waals surface area contributed by atoms with E-state index in [0.29, 0.717) is 19.4 Å². The van der Waals surface area contributed by atoms with Gasteiger partial charge in [0.1, 0.15) is 5.60 Å². The summed E-state index contributed by atoms with van der Waals surface area (Å²) in [7, 11) is 1.61. The largest absolute Gasteiger partial charge is 0.372 e. The molecule has 0 saturated heterocycles. The van der Waals surface area contributed by atoms with Crippen LogP contribution in [0, 0.1) is 0 Å². The van der Waals surface area contributed by atoms with Crippen LogP contribution in [0.1, 0.15) is 24.5 Å². The molecule has 1 unspecified atom stereocenters. The summed E-state index contributed by atoms with van der Waals surface area (Å²) in [5.41, 5.74) is 1.43. The Morgan fingerprint density at radius 2 is 1.50 bits per heavy atom. The lowest BCUT2D eigenvalue weighted by atomic mass is 9.90. The number of ether oxygens (including phenoxy) is 1. The molecule has 0 bridgehead atoms. The van der Waals surface area contributed by atoms with Crippen molar-refractivity contribution < 1.29 is 14.3 Å². The van der Waals surface area contributed by atoms with Gasteiger partial charge in [0.2, 0.25) is 0 Å². The van der Waals surface area contributed by atoms with E-state index in [0.717, 1.165) is 11.1 Å². The fourth-order valence-electron chi connectivity index (χ4n) is 2.86. The lowest BCUT2D eigenvalue weighted by molar-refractivity contribution is -0.140. The Hall–Kier alpha value is -2.66. The van der Waals surface area contributed by atoms with Gasteiger partial charge in [0.15, 0.2) is 0 Å². The molecule has 138 valence electrons. The third kappa shape index (κ3) is 5.17. The van der Waals surface area contributed by atoms with Crippen molar-refractivity contribution in [1.82, 2.24) is 10.6 Å². The zero-order chi connectivity index (χ0) is 18.8. The summed E-state index contributed by atoms with van der Waals surface area (Å²) < 4.78 is 5.70. The van der Waals surface area contributed by atoms with Crippen LogP contribution in [0.25, 0.3) is 0 Å². The second-order valence-corrected chi connectivity index (χ2v) is 6.09. The Morgan fingerprint density at radius 3 is 2.08 bits per heavy atom. The number of amides is 2. The van der Waals surface area contributed by atoms with Crippen molar-refractivity contribution in [3.63, 3.8) is 0 Å². The molecule has 0 spiro atoms. The molecule has 2 aromatic carbocycles. The molecule has 0 aliphatic carbocycles. The second-order valence-electron chi connectivity index (χ2n) is 6.09. The van der Waals surface area contributed by atoms with Crippen LogP contribution in [0.3, 0.4) is 0 Å². The molecule has 1 atom stereocenters. The number of rotatable bonds is 8. The van der Waals surface area contributed by atoms with Crippen LogP contribution in [0.2, 0.25) is 0 Å². The molecule has 0 saturated carbocycles. The summed E-state index contributed by atoms with van der Waals surface area (Å²) in [6.07, 6.45) is 1.35. The minimum absolute atomic E-state index is 0.231. The third-order valence-electron chi connectivity index (χ3n) is 4.54. The molecule has 2 aromatic rings. The third-order valence-corrected chi connectivity index (χ3v) is 4.54. The molecule has 0 aliphatic rings. The molecule has 0 fully saturated rings. The molecule has 5 heteroatoms. The highest BCUT2D eigenvalue weighted by Gasteiger charge is 2.31. The van der Waals surface area contributed by atoms with Gasteiger partial charge in [0.05, 0.1) is 6.54 Å². The minimum atomic E-state index is -0.652. The van der Waals surface area contributed by atoms with E-state index >= 15 is 0 Å². The van der Waals surface area contributed by atoms with Crippen molar-refractivity contribution in [3.8, 4) is 0 Å². The van der Waals surface area contributed by atoms with E-state index in [1.54, 1.807) is 7.11 Å². The van der Waals surface area contributed by atoms with Gasteiger partial charge in [-0.15, -0.1) is 0 Å². The summed E-state index contributed by atoms with van der Waals surface area (Å²) in [5.74, 6) is -1.28. The molecule has 0 aromatic heterocycles. The highest BCUT2D eigenvalue weighted by molar-refractivity contribution is 6.35. The predicted octanol–water partition coefficient (Wildman–Crippen LogP) is 2.41. The second kappa shape index (κ2) is 9.73. The molecule has 2 amide bonds. The van der Waals surface area contributed by atoms with Crippen molar-refractivity contribution in [2.45, 2.75) is 25.4 Å². The van der Waals surface area contributed by atoms with Gasteiger partial charge in [-0.1, -0.05) is 67.6 Å². The maximum Gasteiger partial charge on any atom is 0.309 e. The SMILES string of the molecule is CCC(CNC(=O)C(=O)NCCc1ccccc1)(OC)c1ccccc1. The molecule has 0 radical (unpaired) electrons. The first kappa shape index (κ1) is 19.7. The summed E-state index contributed by atoms with van der Waals surface area (Å²) >= 11 is 0. The lowest BCUT2D eigenvalue weighted by Crippen LogP contribution is -2.47. The molecular formula is C21H26N2O3. The van der Waals surface area contributed by atoms with E-state index in [9.17, 15) is 9.59 Å². The van der Waals surface area contributed by atoms with Gasteiger partial charge in [0.25, 0.3) is 0 Å². The molecule has 5 nitrogen and oxygen atoms in total. The zero-order valence-electron chi connectivity index (χ0n) is 15.3. The van der Waals surface area contributed by atoms with E-state index in [4.69, 9.17) is 4.74 Å². The van der Waals surface area contributed by atoms with Crippen LogP contribution in [-0.2, 0) is 26.3 Å². The average Bonchev–Trinajstić information content (AvgIpc) is 2.70. The van der Waals surface area contributed by atoms with E-state index in [1.165, 1.54) is 0 Å². The molecule has 2 N–H and O–H groups in total. The number of nitrogens with one attached hydrogen (secondary N) is 2. The van der Waals surface area contributed by atoms with Gasteiger partial charge in [-0.3, -0.25) is 9.59 Å². The van der Waals surface area contributed by atoms with Crippen molar-refractivity contribution in [3.05, 3.63) is 71.8 Å². The van der Waals surface area contributed by atoms with E-state index in [2.05, 4.69) is 10.6 Å². The smallest absolute Gasteiger partial charge is 0.309 e. The number of hydrogen-bond donors (Lipinski definition) is 2. The van der Waals surface area contributed by atoms with Gasteiger partial charge in [-0.25, -0.2) is 0 Å². The topological polar surface area (TPSA) is 67.4 Å². The minimum Gasteiger partial charge on any atom is -0.372 e. The molecule has 2 rings (SSSR count). The van der Waals surface area contributed by atoms with Crippen LogP contribution in [0.4, 0.5) is 0 Å². The highest BCUT2D eigenvalue weighted by Crippen LogP contribution is 2.27. The number of hydrogen-bond acceptors (Lipinski definition) is 3. The fraction of sp³-hybridized carbons (Fsp3) is 0.333. The van der Waals surface area contributed by atoms with Gasteiger partial charge >= 0.3 is 11.8 Å². The first-order chi connectivity index (χ1) is 12.6. The molecular weight excluding hydrogens is 328 g/mol. The highest BCUT2D eigenvalue weighted by atomic mass is 16.5. The monoisotopic (exact) mass is 354 g/mol. The summed E-state index contributed by atoms with van der Waals surface area (Å²) in [6, 6.07) is 19.5. The number of methoxy groups -OCH3 is 1. The van der Waals surface area contributed by atoms with E-state index in [1.807, 2.05) is 67.6 Å². The van der Waals surface area contributed by atoms with E-state index in [-0.39, 0.29) is 6.54 Å². The fourth-order valence-corrected chi connectivity index (χ4v) is 2.86. The van der Waals surface area contributed by atoms with Crippen LogP contribution in [0.15, 0.2) is 60.7 Å². The normalized spacial score (nSPS) is 12.8. The van der Waals surface area contributed by atoms with Crippen molar-refractivity contribution in [2.24, 2.45) is 0 Å². The maximum absolute atomic E-state index is 12.1. The average molecular weight is 354 g/mol. The van der Waals surface area contributed by atoms with Gasteiger partial charge in [-0.05, 0) is 24.0 Å². The summed E-state index contributed by atoms with van der Waals surface area (Å²) in [6.45, 7) is 2.63. The van der Waals surface area contributed by atoms with Gasteiger partial charge < -0.3 is 15.4 Å². The number of carbonyl (C=O) groups is 2. The van der Waals surface area contributed by atoms with Crippen LogP contribution in [-0.4, -0.2) is 32.0 Å². The molecule has 0 heterocycles. The standard InChI is InChI=1S/C21H26N2O3/c1-3-21(26-2,18-12-8-5-9-13-18)16-23-20(25)19(24)22-15-14-17-10-6-4-7-11-17/h4-13H,3,14-16H2,1-2H3,(H,22,24)(H,23,25). The Kier molecular flexibility index (Phi) is 7.36. The Bertz CT molecular complexity index is 698. The summed E-state index contributed by atoms with van der Waals surface area (Å²) in [5, 5.41) is 5.35. The van der Waals surface area contributed by atoms with Crippen molar-refractivity contribution >= 4 is 11.8 Å². The zero-order valence-corrected chi connectivity index (χ0v) is 15.3. The predicted molar refractivity (Wildman–Crippen MR) is 102 cm³/mol. The van der Waals surface area contributed by atoms with Gasteiger partial charge in [0, 0.05) is 13.7 Å². The Morgan fingerprint density at radius 1 is 0.923 bits per heavy atom. The number of benzene rings is 2.